The molecule has 0 spiro atoms. The molecule has 0 aromatic rings. The van der Waals surface area contributed by atoms with Gasteiger partial charge in [0.2, 0.25) is 0 Å². The molecule has 0 bridgehead atoms. The Balaban J connectivity index is -0.0000000267. The maximum absolute atomic E-state index is 8.88. The van der Waals surface area contributed by atoms with E-state index in [0.717, 1.165) is 0 Å². The van der Waals surface area contributed by atoms with Crippen LogP contribution in [0.3, 0.4) is 0 Å². The van der Waals surface area contributed by atoms with Crippen LogP contribution in [0.5, 0.6) is 0 Å². The van der Waals surface area contributed by atoms with Crippen molar-refractivity contribution in [1.82, 2.24) is 0 Å². The van der Waals surface area contributed by atoms with Crippen LogP contribution in [0.15, 0.2) is 0 Å². The van der Waals surface area contributed by atoms with Crippen LogP contribution in [0.4, 0.5) is 0 Å². The molecule has 0 heterocycles. The van der Waals surface area contributed by atoms with Crippen molar-refractivity contribution in [2.75, 3.05) is 0 Å². The first kappa shape index (κ1) is 15.9. The quantitative estimate of drug-likeness (QED) is 0.317. The van der Waals surface area contributed by atoms with Gasteiger partial charge < -0.3 is 16.1 Å². The van der Waals surface area contributed by atoms with E-state index in [4.69, 9.17) is 19.2 Å². The molecule has 7 heteroatoms. The van der Waals surface area contributed by atoms with Crippen LogP contribution >= 0.6 is 7.82 Å². The van der Waals surface area contributed by atoms with Gasteiger partial charge in [0, 0.05) is 21.1 Å². The summed E-state index contributed by atoms with van der Waals surface area (Å²) in [6.45, 7) is 0. The smallest absolute Gasteiger partial charge is 1.00 e. The predicted molar refractivity (Wildman–Crippen MR) is 15.4 cm³/mol. The van der Waals surface area contributed by atoms with E-state index in [1.807, 2.05) is 0 Å². The van der Waals surface area contributed by atoms with Gasteiger partial charge in [-0.05, 0) is 0 Å². The molecule has 0 rings (SSSR count). The van der Waals surface area contributed by atoms with Gasteiger partial charge in [0.15, 0.2) is 0 Å². The van der Waals surface area contributed by atoms with Gasteiger partial charge in [0.25, 0.3) is 0 Å². The van der Waals surface area contributed by atoms with Crippen LogP contribution in [0.2, 0.25) is 0 Å². The summed E-state index contributed by atoms with van der Waals surface area (Å²) in [4.78, 5) is 21.6. The standard InChI is InChI=1S/Na.H3O4P.W.H/c;1-5(2,3)4;;/h;(H3,1,2,3,4);;/q+1;;;-1. The van der Waals surface area contributed by atoms with Gasteiger partial charge in [0.05, 0.1) is 0 Å². The Morgan fingerprint density at radius 3 is 1.29 bits per heavy atom. The van der Waals surface area contributed by atoms with E-state index in [1.54, 1.807) is 0 Å². The molecule has 0 aliphatic carbocycles. The number of rotatable bonds is 0. The van der Waals surface area contributed by atoms with Crippen LogP contribution in [0.1, 0.15) is 1.43 Å². The summed E-state index contributed by atoms with van der Waals surface area (Å²) in [6, 6.07) is 0. The summed E-state index contributed by atoms with van der Waals surface area (Å²) in [6.07, 6.45) is 0. The van der Waals surface area contributed by atoms with E-state index in [9.17, 15) is 0 Å². The fourth-order valence-electron chi connectivity index (χ4n) is 0. The van der Waals surface area contributed by atoms with Gasteiger partial charge >= 0.3 is 37.4 Å². The second kappa shape index (κ2) is 5.93. The fourth-order valence-corrected chi connectivity index (χ4v) is 0. The molecule has 0 saturated heterocycles. The minimum absolute atomic E-state index is 0. The molecule has 0 aromatic heterocycles. The topological polar surface area (TPSA) is 77.8 Å². The summed E-state index contributed by atoms with van der Waals surface area (Å²) in [5, 5.41) is 0. The van der Waals surface area contributed by atoms with E-state index in [2.05, 4.69) is 0 Å². The summed E-state index contributed by atoms with van der Waals surface area (Å²) < 4.78 is 8.88. The average molecular weight is 306 g/mol. The third kappa shape index (κ3) is 81.1. The Morgan fingerprint density at radius 2 is 1.29 bits per heavy atom. The average Bonchev–Trinajstić information content (AvgIpc) is 0.722. The maximum Gasteiger partial charge on any atom is 1.00 e. The van der Waals surface area contributed by atoms with Gasteiger partial charge in [-0.1, -0.05) is 0 Å². The molecule has 40 valence electrons. The largest absolute Gasteiger partial charge is 1.00 e. The molecule has 3 N–H and O–H groups in total. The monoisotopic (exact) mass is 306 g/mol. The maximum atomic E-state index is 8.88. The zero-order chi connectivity index (χ0) is 4.50. The molecule has 0 aliphatic heterocycles. The van der Waals surface area contributed by atoms with Crippen LogP contribution in [-0.2, 0) is 25.6 Å². The first-order valence-corrected chi connectivity index (χ1v) is 2.35. The molecule has 0 atom stereocenters. The number of hydrogen-bond donors (Lipinski definition) is 3. The van der Waals surface area contributed by atoms with Gasteiger partial charge in [-0.3, -0.25) is 0 Å². The predicted octanol–water partition coefficient (Wildman–Crippen LogP) is -3.81. The molecule has 0 saturated carbocycles. The molecular formula is H4NaO4PW. The first-order chi connectivity index (χ1) is 2.00. The minimum atomic E-state index is -4.64. The van der Waals surface area contributed by atoms with Crippen molar-refractivity contribution < 1.29 is 71.3 Å². The van der Waals surface area contributed by atoms with Crippen molar-refractivity contribution in [3.63, 3.8) is 0 Å². The molecule has 4 nitrogen and oxygen atoms in total. The molecule has 7 heavy (non-hydrogen) atoms. The van der Waals surface area contributed by atoms with Gasteiger partial charge in [-0.2, -0.15) is 0 Å². The summed E-state index contributed by atoms with van der Waals surface area (Å²) in [5.74, 6) is 0. The molecule has 0 fully saturated rings. The van der Waals surface area contributed by atoms with Crippen molar-refractivity contribution in [2.24, 2.45) is 0 Å². The van der Waals surface area contributed by atoms with Crippen LogP contribution < -0.4 is 29.6 Å². The van der Waals surface area contributed by atoms with Crippen LogP contribution in [0.25, 0.3) is 0 Å². The zero-order valence-electron chi connectivity index (χ0n) is 4.61. The van der Waals surface area contributed by atoms with Crippen molar-refractivity contribution in [1.29, 1.82) is 0 Å². The number of hydrogen-bond acceptors (Lipinski definition) is 1. The fraction of sp³-hybridized carbons (Fsp3) is 0. The zero-order valence-corrected chi connectivity index (χ0v) is 9.43. The first-order valence-electron chi connectivity index (χ1n) is 0.783. The molecule has 0 unspecified atom stereocenters. The van der Waals surface area contributed by atoms with E-state index >= 15 is 0 Å². The molecule has 0 aromatic carbocycles. The van der Waals surface area contributed by atoms with Crippen molar-refractivity contribution >= 4 is 7.82 Å². The Morgan fingerprint density at radius 1 is 1.29 bits per heavy atom. The SMILES string of the molecule is O=P(O)(O)O.[H-].[Na+].[W]. The number of phosphoric acid groups is 1. The second-order valence-electron chi connectivity index (χ2n) is 0.513. The Labute approximate surface area is 78.6 Å². The molecule has 0 amide bonds. The Hall–Kier alpha value is 1.80. The Kier molecular flexibility index (Phi) is 13.5. The van der Waals surface area contributed by atoms with Crippen LogP contribution in [-0.4, -0.2) is 14.7 Å². The van der Waals surface area contributed by atoms with E-state index in [0.29, 0.717) is 0 Å². The van der Waals surface area contributed by atoms with Gasteiger partial charge in [-0.25, -0.2) is 4.57 Å². The van der Waals surface area contributed by atoms with Crippen molar-refractivity contribution in [2.45, 2.75) is 0 Å². The van der Waals surface area contributed by atoms with Crippen molar-refractivity contribution in [3.8, 4) is 0 Å². The molecular weight excluding hydrogens is 302 g/mol. The van der Waals surface area contributed by atoms with Gasteiger partial charge in [0.1, 0.15) is 0 Å². The van der Waals surface area contributed by atoms with Crippen LogP contribution in [0, 0.1) is 0 Å². The summed E-state index contributed by atoms with van der Waals surface area (Å²) >= 11 is 0. The normalized spacial score (nSPS) is 8.43. The molecule has 0 radical (unpaired) electrons. The van der Waals surface area contributed by atoms with E-state index < -0.39 is 7.82 Å². The second-order valence-corrected chi connectivity index (χ2v) is 1.54. The Bertz CT molecular complexity index is 62.2. The minimum Gasteiger partial charge on any atom is -1.00 e. The third-order valence-corrected chi connectivity index (χ3v) is 0. The molecule has 0 aliphatic rings. The summed E-state index contributed by atoms with van der Waals surface area (Å²) in [7, 11) is -4.64. The van der Waals surface area contributed by atoms with E-state index in [1.165, 1.54) is 0 Å². The van der Waals surface area contributed by atoms with Crippen molar-refractivity contribution in [3.05, 3.63) is 0 Å². The van der Waals surface area contributed by atoms with Gasteiger partial charge in [-0.15, -0.1) is 0 Å². The third-order valence-electron chi connectivity index (χ3n) is 0. The summed E-state index contributed by atoms with van der Waals surface area (Å²) in [5.41, 5.74) is 0. The van der Waals surface area contributed by atoms with E-state index in [-0.39, 0.29) is 52.0 Å².